The van der Waals surface area contributed by atoms with Crippen molar-refractivity contribution in [2.45, 2.75) is 32.2 Å². The summed E-state index contributed by atoms with van der Waals surface area (Å²) in [5, 5.41) is 11.7. The van der Waals surface area contributed by atoms with Gasteiger partial charge in [0.1, 0.15) is 0 Å². The van der Waals surface area contributed by atoms with Crippen molar-refractivity contribution in [3.8, 4) is 0 Å². The Balaban J connectivity index is 2.25. The largest absolute Gasteiger partial charge is 0.396 e. The fourth-order valence-corrected chi connectivity index (χ4v) is 2.11. The molecule has 0 aliphatic heterocycles. The normalized spacial score (nSPS) is 12.4. The van der Waals surface area contributed by atoms with Crippen molar-refractivity contribution >= 4 is 5.91 Å². The number of aliphatic hydroxyl groups excluding tert-OH is 1. The van der Waals surface area contributed by atoms with E-state index in [0.717, 1.165) is 31.4 Å². The minimum atomic E-state index is 0.0338. The lowest BCUT2D eigenvalue weighted by atomic mass is 10.1. The van der Waals surface area contributed by atoms with E-state index in [9.17, 15) is 4.79 Å². The van der Waals surface area contributed by atoms with Gasteiger partial charge in [0.2, 0.25) is 5.91 Å². The average molecular weight is 278 g/mol. The number of rotatable bonds is 9. The number of benzene rings is 1. The third-order valence-electron chi connectivity index (χ3n) is 3.29. The maximum Gasteiger partial charge on any atom is 0.234 e. The highest BCUT2D eigenvalue weighted by atomic mass is 16.2. The van der Waals surface area contributed by atoms with Gasteiger partial charge in [-0.2, -0.15) is 0 Å². The van der Waals surface area contributed by atoms with Crippen LogP contribution in [0.3, 0.4) is 0 Å². The molecular formula is C16H26N2O2. The molecule has 1 amide bonds. The van der Waals surface area contributed by atoms with Crippen molar-refractivity contribution < 1.29 is 9.90 Å². The molecule has 1 rings (SSSR count). The zero-order chi connectivity index (χ0) is 14.8. The van der Waals surface area contributed by atoms with Crippen LogP contribution in [0, 0.1) is 0 Å². The maximum atomic E-state index is 11.9. The zero-order valence-electron chi connectivity index (χ0n) is 12.5. The molecule has 0 saturated heterocycles. The van der Waals surface area contributed by atoms with Crippen molar-refractivity contribution in [2.24, 2.45) is 0 Å². The summed E-state index contributed by atoms with van der Waals surface area (Å²) in [6.07, 6.45) is 2.85. The van der Waals surface area contributed by atoms with E-state index in [2.05, 4.69) is 5.32 Å². The molecular weight excluding hydrogens is 252 g/mol. The van der Waals surface area contributed by atoms with Gasteiger partial charge < -0.3 is 10.4 Å². The lowest BCUT2D eigenvalue weighted by molar-refractivity contribution is -0.122. The number of unbranched alkanes of at least 4 members (excludes halogenated alkanes) is 2. The zero-order valence-corrected chi connectivity index (χ0v) is 12.5. The van der Waals surface area contributed by atoms with Crippen LogP contribution in [0.4, 0.5) is 0 Å². The number of likely N-dealkylation sites (N-methyl/N-ethyl adjacent to an activating group) is 1. The third-order valence-corrected chi connectivity index (χ3v) is 3.29. The summed E-state index contributed by atoms with van der Waals surface area (Å²) in [4.78, 5) is 14.0. The van der Waals surface area contributed by atoms with Crippen LogP contribution in [-0.2, 0) is 4.79 Å². The second kappa shape index (κ2) is 9.50. The van der Waals surface area contributed by atoms with Gasteiger partial charge in [0.15, 0.2) is 0 Å². The molecule has 0 aromatic heterocycles. The number of hydrogen-bond acceptors (Lipinski definition) is 3. The Morgan fingerprint density at radius 1 is 1.25 bits per heavy atom. The van der Waals surface area contributed by atoms with Gasteiger partial charge in [0.25, 0.3) is 0 Å². The molecule has 0 radical (unpaired) electrons. The van der Waals surface area contributed by atoms with Crippen molar-refractivity contribution in [3.63, 3.8) is 0 Å². The Kier molecular flexibility index (Phi) is 7.92. The highest BCUT2D eigenvalue weighted by molar-refractivity contribution is 5.78. The molecule has 0 heterocycles. The van der Waals surface area contributed by atoms with Crippen molar-refractivity contribution in [1.82, 2.24) is 10.2 Å². The first-order chi connectivity index (χ1) is 9.63. The van der Waals surface area contributed by atoms with E-state index in [1.54, 1.807) is 0 Å². The molecule has 0 aliphatic carbocycles. The Hall–Kier alpha value is -1.39. The summed E-state index contributed by atoms with van der Waals surface area (Å²) in [7, 11) is 1.95. The molecule has 112 valence electrons. The van der Waals surface area contributed by atoms with E-state index in [1.807, 2.05) is 49.2 Å². The SMILES string of the molecule is CC(NC(=O)CN(C)CCCCCO)c1ccccc1. The molecule has 0 saturated carbocycles. The number of aliphatic hydroxyl groups is 1. The fourth-order valence-electron chi connectivity index (χ4n) is 2.11. The van der Waals surface area contributed by atoms with Gasteiger partial charge in [0, 0.05) is 6.61 Å². The second-order valence-electron chi connectivity index (χ2n) is 5.22. The van der Waals surface area contributed by atoms with Gasteiger partial charge in [-0.05, 0) is 45.3 Å². The number of carbonyl (C=O) groups excluding carboxylic acids is 1. The van der Waals surface area contributed by atoms with Gasteiger partial charge in [-0.3, -0.25) is 9.69 Å². The molecule has 0 aliphatic rings. The molecule has 4 heteroatoms. The first-order valence-corrected chi connectivity index (χ1v) is 7.27. The van der Waals surface area contributed by atoms with E-state index < -0.39 is 0 Å². The summed E-state index contributed by atoms with van der Waals surface area (Å²) in [6.45, 7) is 3.54. The van der Waals surface area contributed by atoms with Crippen LogP contribution in [0.1, 0.15) is 37.8 Å². The molecule has 0 fully saturated rings. The number of amides is 1. The first kappa shape index (κ1) is 16.7. The Morgan fingerprint density at radius 3 is 2.60 bits per heavy atom. The summed E-state index contributed by atoms with van der Waals surface area (Å²) in [5.74, 6) is 0.0472. The van der Waals surface area contributed by atoms with E-state index in [0.29, 0.717) is 6.54 Å². The van der Waals surface area contributed by atoms with Crippen LogP contribution in [-0.4, -0.2) is 42.7 Å². The quantitative estimate of drug-likeness (QED) is 0.679. The molecule has 4 nitrogen and oxygen atoms in total. The van der Waals surface area contributed by atoms with E-state index >= 15 is 0 Å². The van der Waals surface area contributed by atoms with Gasteiger partial charge >= 0.3 is 0 Å². The maximum absolute atomic E-state index is 11.9. The smallest absolute Gasteiger partial charge is 0.234 e. The van der Waals surface area contributed by atoms with Crippen LogP contribution >= 0.6 is 0 Å². The van der Waals surface area contributed by atoms with Crippen LogP contribution in [0.25, 0.3) is 0 Å². The van der Waals surface area contributed by atoms with E-state index in [1.165, 1.54) is 0 Å². The highest BCUT2D eigenvalue weighted by Crippen LogP contribution is 2.10. The molecule has 0 spiro atoms. The lowest BCUT2D eigenvalue weighted by Crippen LogP contribution is -2.36. The molecule has 20 heavy (non-hydrogen) atoms. The molecule has 2 N–H and O–H groups in total. The summed E-state index contributed by atoms with van der Waals surface area (Å²) in [5.41, 5.74) is 1.12. The molecule has 1 unspecified atom stereocenters. The summed E-state index contributed by atoms with van der Waals surface area (Å²) in [6, 6.07) is 9.99. The van der Waals surface area contributed by atoms with Crippen molar-refractivity contribution in [1.29, 1.82) is 0 Å². The highest BCUT2D eigenvalue weighted by Gasteiger charge is 2.10. The number of hydrogen-bond donors (Lipinski definition) is 2. The van der Waals surface area contributed by atoms with Gasteiger partial charge in [0.05, 0.1) is 12.6 Å². The molecule has 1 aromatic rings. The Labute approximate surface area is 121 Å². The summed E-state index contributed by atoms with van der Waals surface area (Å²) < 4.78 is 0. The Bertz CT molecular complexity index is 381. The lowest BCUT2D eigenvalue weighted by Gasteiger charge is -2.19. The molecule has 0 bridgehead atoms. The fraction of sp³-hybridized carbons (Fsp3) is 0.562. The van der Waals surface area contributed by atoms with Crippen LogP contribution in [0.5, 0.6) is 0 Å². The molecule has 1 aromatic carbocycles. The van der Waals surface area contributed by atoms with Gasteiger partial charge in [-0.25, -0.2) is 0 Å². The number of nitrogens with one attached hydrogen (secondary N) is 1. The predicted octanol–water partition coefficient (Wildman–Crippen LogP) is 1.96. The van der Waals surface area contributed by atoms with Gasteiger partial charge in [-0.1, -0.05) is 30.3 Å². The van der Waals surface area contributed by atoms with Crippen LogP contribution in [0.15, 0.2) is 30.3 Å². The van der Waals surface area contributed by atoms with Crippen LogP contribution < -0.4 is 5.32 Å². The van der Waals surface area contributed by atoms with E-state index in [-0.39, 0.29) is 18.6 Å². The Morgan fingerprint density at radius 2 is 1.95 bits per heavy atom. The summed E-state index contributed by atoms with van der Waals surface area (Å²) >= 11 is 0. The first-order valence-electron chi connectivity index (χ1n) is 7.27. The van der Waals surface area contributed by atoms with Crippen LogP contribution in [0.2, 0.25) is 0 Å². The molecule has 1 atom stereocenters. The van der Waals surface area contributed by atoms with E-state index in [4.69, 9.17) is 5.11 Å². The van der Waals surface area contributed by atoms with Crippen molar-refractivity contribution in [3.05, 3.63) is 35.9 Å². The second-order valence-corrected chi connectivity index (χ2v) is 5.22. The predicted molar refractivity (Wildman–Crippen MR) is 81.4 cm³/mol. The van der Waals surface area contributed by atoms with Crippen molar-refractivity contribution in [2.75, 3.05) is 26.7 Å². The topological polar surface area (TPSA) is 52.6 Å². The standard InChI is InChI=1S/C16H26N2O2/c1-14(15-9-5-3-6-10-15)17-16(20)13-18(2)11-7-4-8-12-19/h3,5-6,9-10,14,19H,4,7-8,11-13H2,1-2H3,(H,17,20). The average Bonchev–Trinajstić information content (AvgIpc) is 2.44. The third kappa shape index (κ3) is 6.68. The monoisotopic (exact) mass is 278 g/mol. The number of carbonyl (C=O) groups is 1. The number of nitrogens with zero attached hydrogens (tertiary/aromatic N) is 1. The minimum absolute atomic E-state index is 0.0338. The van der Waals surface area contributed by atoms with Gasteiger partial charge in [-0.15, -0.1) is 0 Å². The minimum Gasteiger partial charge on any atom is -0.396 e.